The summed E-state index contributed by atoms with van der Waals surface area (Å²) < 4.78 is 5.52. The third-order valence-corrected chi connectivity index (χ3v) is 6.70. The van der Waals surface area contributed by atoms with E-state index in [-0.39, 0.29) is 29.3 Å². The molecule has 0 spiro atoms. The van der Waals surface area contributed by atoms with Crippen molar-refractivity contribution in [2.75, 3.05) is 6.54 Å². The van der Waals surface area contributed by atoms with E-state index >= 15 is 0 Å². The van der Waals surface area contributed by atoms with Crippen molar-refractivity contribution >= 4 is 18.9 Å². The van der Waals surface area contributed by atoms with Gasteiger partial charge in [0.15, 0.2) is 0 Å². The number of Topliss-reactive ketones (excluding diaryl/α,β-unsaturated/α-hetero) is 1. The van der Waals surface area contributed by atoms with Crippen molar-refractivity contribution in [2.45, 2.75) is 83.5 Å². The molecule has 1 aromatic carbocycles. The van der Waals surface area contributed by atoms with E-state index in [0.717, 1.165) is 43.7 Å². The lowest BCUT2D eigenvalue weighted by Gasteiger charge is -2.30. The van der Waals surface area contributed by atoms with Crippen molar-refractivity contribution in [3.63, 3.8) is 0 Å². The van der Waals surface area contributed by atoms with E-state index < -0.39 is 13.1 Å². The number of rotatable bonds is 10. The first-order valence-corrected chi connectivity index (χ1v) is 11.8. The maximum atomic E-state index is 12.7. The first kappa shape index (κ1) is 23.8. The van der Waals surface area contributed by atoms with Crippen LogP contribution in [0.1, 0.15) is 81.1 Å². The minimum atomic E-state index is -1.15. The number of ketones is 1. The Morgan fingerprint density at radius 2 is 1.94 bits per heavy atom. The van der Waals surface area contributed by atoms with Crippen LogP contribution in [0.25, 0.3) is 0 Å². The fraction of sp³-hybridized carbons (Fsp3) is 0.667. The molecule has 2 aliphatic rings. The Hall–Kier alpha value is -1.86. The lowest BCUT2D eigenvalue weighted by atomic mass is 9.64. The molecule has 1 aliphatic heterocycles. The van der Waals surface area contributed by atoms with E-state index in [1.54, 1.807) is 12.1 Å². The zero-order valence-corrected chi connectivity index (χ0v) is 18.8. The highest BCUT2D eigenvalue weighted by Crippen LogP contribution is 2.37. The first-order valence-electron chi connectivity index (χ1n) is 11.8. The smallest absolute Gasteiger partial charge is 0.526 e. The Morgan fingerprint density at radius 1 is 1.19 bits per heavy atom. The van der Waals surface area contributed by atoms with Gasteiger partial charge in [-0.3, -0.25) is 4.79 Å². The highest BCUT2D eigenvalue weighted by atomic mass is 16.5. The van der Waals surface area contributed by atoms with Crippen molar-refractivity contribution in [3.8, 4) is 5.75 Å². The van der Waals surface area contributed by atoms with Gasteiger partial charge in [-0.15, -0.1) is 0 Å². The van der Waals surface area contributed by atoms with Gasteiger partial charge in [-0.1, -0.05) is 26.0 Å². The summed E-state index contributed by atoms with van der Waals surface area (Å²) in [7, 11) is -1.15. The normalized spacial score (nSPS) is 23.4. The molecule has 0 saturated heterocycles. The van der Waals surface area contributed by atoms with Crippen molar-refractivity contribution in [1.29, 1.82) is 0 Å². The van der Waals surface area contributed by atoms with Crippen molar-refractivity contribution < 1.29 is 24.4 Å². The molecule has 1 aromatic rings. The predicted octanol–water partition coefficient (Wildman–Crippen LogP) is 4.10. The lowest BCUT2D eigenvalue weighted by Crippen LogP contribution is -2.36. The number of carbonyl (C=O) groups excluding carboxylic acids is 1. The van der Waals surface area contributed by atoms with Crippen LogP contribution in [0.3, 0.4) is 0 Å². The van der Waals surface area contributed by atoms with Crippen LogP contribution in [0.15, 0.2) is 18.2 Å². The fourth-order valence-electron chi connectivity index (χ4n) is 4.91. The maximum absolute atomic E-state index is 12.7. The van der Waals surface area contributed by atoms with E-state index in [9.17, 15) is 19.7 Å². The minimum Gasteiger partial charge on any atom is -0.535 e. The van der Waals surface area contributed by atoms with Crippen LogP contribution in [0, 0.1) is 11.8 Å². The molecule has 0 bridgehead atoms. The van der Waals surface area contributed by atoms with Gasteiger partial charge in [0.05, 0.1) is 5.56 Å². The number of nitrogens with one attached hydrogen (secondary N) is 1. The fourth-order valence-corrected chi connectivity index (χ4v) is 4.91. The number of carboxylic acids is 1. The number of para-hydroxylation sites is 1. The number of fused-ring (bicyclic) bond motifs is 1. The number of carboxylic acid groups (broad SMARTS) is 1. The lowest BCUT2D eigenvalue weighted by molar-refractivity contribution is -0.120. The molecule has 7 heteroatoms. The summed E-state index contributed by atoms with van der Waals surface area (Å²) in [6, 6.07) is 5.53. The average Bonchev–Trinajstić information content (AvgIpc) is 2.72. The Kier molecular flexibility index (Phi) is 8.55. The van der Waals surface area contributed by atoms with Gasteiger partial charge in [-0.05, 0) is 75.0 Å². The van der Waals surface area contributed by atoms with Crippen LogP contribution in [0.2, 0.25) is 5.82 Å². The molecule has 0 radical (unpaired) electrons. The first-order chi connectivity index (χ1) is 14.8. The largest absolute Gasteiger partial charge is 0.535 e. The van der Waals surface area contributed by atoms with Crippen LogP contribution in [0.4, 0.5) is 0 Å². The minimum absolute atomic E-state index is 0.0518. The van der Waals surface area contributed by atoms with Crippen LogP contribution in [-0.4, -0.2) is 41.6 Å². The number of hydrogen-bond donors (Lipinski definition) is 3. The molecular weight excluding hydrogens is 393 g/mol. The van der Waals surface area contributed by atoms with Crippen molar-refractivity contribution in [1.82, 2.24) is 5.32 Å². The second kappa shape index (κ2) is 11.1. The summed E-state index contributed by atoms with van der Waals surface area (Å²) in [5.74, 6) is 0.161. The molecule has 3 rings (SSSR count). The number of aromatic carboxylic acids is 1. The summed E-state index contributed by atoms with van der Waals surface area (Å²) >= 11 is 0. The molecule has 31 heavy (non-hydrogen) atoms. The molecule has 3 N–H and O–H groups in total. The van der Waals surface area contributed by atoms with Crippen molar-refractivity contribution in [3.05, 3.63) is 29.3 Å². The molecule has 1 fully saturated rings. The second-order valence-electron chi connectivity index (χ2n) is 9.73. The highest BCUT2D eigenvalue weighted by molar-refractivity contribution is 6.47. The highest BCUT2D eigenvalue weighted by Gasteiger charge is 2.38. The Balaban J connectivity index is 1.42. The molecule has 0 amide bonds. The standard InChI is InChI=1S/C24H36BNO5/c1-16(2)5-4-12-26-20-10-8-17(9-11-20)13-21(27)15-19-14-18-6-3-7-22(24(28)29)23(18)31-25(19)30/h3,6-7,16-17,19-20,26,30H,4-5,8-15H2,1-2H3,(H,28,29)/t17?,19-,20?/m1/s1. The predicted molar refractivity (Wildman–Crippen MR) is 122 cm³/mol. The molecule has 170 valence electrons. The van der Waals surface area contributed by atoms with E-state index in [2.05, 4.69) is 19.2 Å². The summed E-state index contributed by atoms with van der Waals surface area (Å²) in [4.78, 5) is 24.1. The number of benzene rings is 1. The Labute approximate surface area is 185 Å². The van der Waals surface area contributed by atoms with Crippen LogP contribution < -0.4 is 9.97 Å². The van der Waals surface area contributed by atoms with Gasteiger partial charge in [-0.2, -0.15) is 0 Å². The zero-order valence-electron chi connectivity index (χ0n) is 18.8. The van der Waals surface area contributed by atoms with E-state index in [1.165, 1.54) is 18.9 Å². The number of carbonyl (C=O) groups is 2. The van der Waals surface area contributed by atoms with Gasteiger partial charge >= 0.3 is 13.1 Å². The van der Waals surface area contributed by atoms with Gasteiger partial charge in [0.2, 0.25) is 0 Å². The van der Waals surface area contributed by atoms with Gasteiger partial charge in [0.25, 0.3) is 0 Å². The molecule has 1 saturated carbocycles. The summed E-state index contributed by atoms with van der Waals surface area (Å²) in [5.41, 5.74) is 0.794. The van der Waals surface area contributed by atoms with Gasteiger partial charge in [0, 0.05) is 24.7 Å². The van der Waals surface area contributed by atoms with Crippen molar-refractivity contribution in [2.24, 2.45) is 11.8 Å². The SMILES string of the molecule is CC(C)CCCNC1CCC(CC(=O)C[C@H]2Cc3cccc(C(=O)O)c3OB2O)CC1. The van der Waals surface area contributed by atoms with Crippen LogP contribution in [0.5, 0.6) is 5.75 Å². The van der Waals surface area contributed by atoms with Crippen LogP contribution in [-0.2, 0) is 11.2 Å². The van der Waals surface area contributed by atoms with Gasteiger partial charge in [-0.25, -0.2) is 4.79 Å². The topological polar surface area (TPSA) is 95.9 Å². The maximum Gasteiger partial charge on any atom is 0.526 e. The van der Waals surface area contributed by atoms with E-state index in [4.69, 9.17) is 4.65 Å². The summed E-state index contributed by atoms with van der Waals surface area (Å²) in [6.07, 6.45) is 8.16. The molecule has 1 heterocycles. The second-order valence-corrected chi connectivity index (χ2v) is 9.73. The average molecular weight is 429 g/mol. The quantitative estimate of drug-likeness (QED) is 0.383. The Bertz CT molecular complexity index is 760. The third-order valence-electron chi connectivity index (χ3n) is 6.70. The Morgan fingerprint density at radius 3 is 2.61 bits per heavy atom. The van der Waals surface area contributed by atoms with E-state index in [0.29, 0.717) is 24.8 Å². The van der Waals surface area contributed by atoms with E-state index in [1.807, 2.05) is 0 Å². The van der Waals surface area contributed by atoms with Crippen LogP contribution >= 0.6 is 0 Å². The number of hydrogen-bond acceptors (Lipinski definition) is 5. The zero-order chi connectivity index (χ0) is 22.4. The monoisotopic (exact) mass is 429 g/mol. The molecule has 0 unspecified atom stereocenters. The van der Waals surface area contributed by atoms with Gasteiger partial charge < -0.3 is 20.1 Å². The molecule has 6 nitrogen and oxygen atoms in total. The molecular formula is C24H36BNO5. The summed E-state index contributed by atoms with van der Waals surface area (Å²) in [5, 5.41) is 23.3. The molecule has 1 aliphatic carbocycles. The summed E-state index contributed by atoms with van der Waals surface area (Å²) in [6.45, 7) is 5.59. The molecule has 1 atom stereocenters. The third kappa shape index (κ3) is 6.81. The molecule has 0 aromatic heterocycles. The van der Waals surface area contributed by atoms with Gasteiger partial charge in [0.1, 0.15) is 11.5 Å².